The third kappa shape index (κ3) is 4.93. The Labute approximate surface area is 116 Å². The van der Waals surface area contributed by atoms with Crippen LogP contribution in [-0.4, -0.2) is 21.0 Å². The highest BCUT2D eigenvalue weighted by Crippen LogP contribution is 2.17. The number of hydrogen-bond acceptors (Lipinski definition) is 3. The van der Waals surface area contributed by atoms with E-state index in [1.165, 1.54) is 0 Å². The number of hydrogen-bond donors (Lipinski definition) is 2. The highest BCUT2D eigenvalue weighted by Gasteiger charge is 2.25. The largest absolute Gasteiger partial charge is 0.316 e. The summed E-state index contributed by atoms with van der Waals surface area (Å²) < 4.78 is 27.3. The molecule has 0 aliphatic heterocycles. The zero-order valence-corrected chi connectivity index (χ0v) is 13.0. The predicted molar refractivity (Wildman–Crippen MR) is 78.5 cm³/mol. The summed E-state index contributed by atoms with van der Waals surface area (Å²) in [4.78, 5) is 0.316. The summed E-state index contributed by atoms with van der Waals surface area (Å²) in [6.45, 7) is 6.59. The van der Waals surface area contributed by atoms with Gasteiger partial charge in [-0.3, -0.25) is 0 Å². The Bertz CT molecular complexity index is 493. The van der Waals surface area contributed by atoms with Gasteiger partial charge in [-0.25, -0.2) is 13.1 Å². The molecular formula is C14H24N2O2S. The van der Waals surface area contributed by atoms with Crippen molar-refractivity contribution in [1.82, 2.24) is 10.0 Å². The first-order valence-electron chi connectivity index (χ1n) is 6.58. The van der Waals surface area contributed by atoms with Gasteiger partial charge in [0.15, 0.2) is 0 Å². The maximum atomic E-state index is 12.3. The monoisotopic (exact) mass is 284 g/mol. The SMILES string of the molecule is CCCC(C)(C)NS(=O)(=O)c1ccc(CNC)cc1. The van der Waals surface area contributed by atoms with Crippen molar-refractivity contribution in [3.05, 3.63) is 29.8 Å². The molecule has 1 aromatic carbocycles. The number of sulfonamides is 1. The van der Waals surface area contributed by atoms with Gasteiger partial charge in [0.2, 0.25) is 10.0 Å². The van der Waals surface area contributed by atoms with Crippen LogP contribution in [0.2, 0.25) is 0 Å². The molecule has 0 bridgehead atoms. The van der Waals surface area contributed by atoms with E-state index in [9.17, 15) is 8.42 Å². The Morgan fingerprint density at radius 1 is 1.16 bits per heavy atom. The molecule has 0 atom stereocenters. The van der Waals surface area contributed by atoms with Crippen LogP contribution in [0.4, 0.5) is 0 Å². The van der Waals surface area contributed by atoms with Gasteiger partial charge in [-0.1, -0.05) is 25.5 Å². The zero-order chi connectivity index (χ0) is 14.5. The molecule has 0 unspecified atom stereocenters. The molecular weight excluding hydrogens is 260 g/mol. The fourth-order valence-electron chi connectivity index (χ4n) is 2.09. The Balaban J connectivity index is 2.88. The normalized spacial score (nSPS) is 12.6. The first-order valence-corrected chi connectivity index (χ1v) is 8.06. The lowest BCUT2D eigenvalue weighted by Gasteiger charge is -2.25. The van der Waals surface area contributed by atoms with E-state index >= 15 is 0 Å². The van der Waals surface area contributed by atoms with Crippen LogP contribution >= 0.6 is 0 Å². The highest BCUT2D eigenvalue weighted by molar-refractivity contribution is 7.89. The summed E-state index contributed by atoms with van der Waals surface area (Å²) in [6.07, 6.45) is 1.75. The van der Waals surface area contributed by atoms with Crippen LogP contribution in [-0.2, 0) is 16.6 Å². The van der Waals surface area contributed by atoms with E-state index in [0.29, 0.717) is 4.90 Å². The molecule has 0 saturated heterocycles. The minimum atomic E-state index is -3.44. The summed E-state index contributed by atoms with van der Waals surface area (Å²) in [5, 5.41) is 3.03. The Morgan fingerprint density at radius 3 is 2.21 bits per heavy atom. The molecule has 0 aliphatic carbocycles. The van der Waals surface area contributed by atoms with Crippen molar-refractivity contribution >= 4 is 10.0 Å². The Kier molecular flexibility index (Phi) is 5.52. The zero-order valence-electron chi connectivity index (χ0n) is 12.2. The van der Waals surface area contributed by atoms with Gasteiger partial charge < -0.3 is 5.32 Å². The van der Waals surface area contributed by atoms with Crippen LogP contribution in [0.25, 0.3) is 0 Å². The number of benzene rings is 1. The van der Waals surface area contributed by atoms with Crippen molar-refractivity contribution in [2.45, 2.75) is 50.6 Å². The van der Waals surface area contributed by atoms with Crippen molar-refractivity contribution in [1.29, 1.82) is 0 Å². The molecule has 0 amide bonds. The maximum Gasteiger partial charge on any atom is 0.241 e. The quantitative estimate of drug-likeness (QED) is 0.807. The molecule has 0 saturated carbocycles. The lowest BCUT2D eigenvalue weighted by atomic mass is 10.0. The van der Waals surface area contributed by atoms with E-state index in [1.807, 2.05) is 40.0 Å². The molecule has 19 heavy (non-hydrogen) atoms. The third-order valence-electron chi connectivity index (χ3n) is 2.90. The lowest BCUT2D eigenvalue weighted by Crippen LogP contribution is -2.43. The van der Waals surface area contributed by atoms with Gasteiger partial charge in [-0.2, -0.15) is 0 Å². The molecule has 2 N–H and O–H groups in total. The molecule has 1 rings (SSSR count). The molecule has 5 heteroatoms. The van der Waals surface area contributed by atoms with Gasteiger partial charge >= 0.3 is 0 Å². The minimum absolute atomic E-state index is 0.316. The fraction of sp³-hybridized carbons (Fsp3) is 0.571. The second kappa shape index (κ2) is 6.50. The molecule has 0 aliphatic rings. The van der Waals surface area contributed by atoms with E-state index < -0.39 is 15.6 Å². The van der Waals surface area contributed by atoms with Crippen LogP contribution in [0.5, 0.6) is 0 Å². The average molecular weight is 284 g/mol. The van der Waals surface area contributed by atoms with Crippen molar-refractivity contribution < 1.29 is 8.42 Å². The van der Waals surface area contributed by atoms with Crippen molar-refractivity contribution in [3.8, 4) is 0 Å². The molecule has 4 nitrogen and oxygen atoms in total. The minimum Gasteiger partial charge on any atom is -0.316 e. The van der Waals surface area contributed by atoms with E-state index in [1.54, 1.807) is 12.1 Å². The van der Waals surface area contributed by atoms with Gasteiger partial charge in [-0.05, 0) is 45.0 Å². The van der Waals surface area contributed by atoms with E-state index in [2.05, 4.69) is 10.0 Å². The molecule has 108 valence electrons. The highest BCUT2D eigenvalue weighted by atomic mass is 32.2. The van der Waals surface area contributed by atoms with E-state index in [0.717, 1.165) is 24.9 Å². The predicted octanol–water partition coefficient (Wildman–Crippen LogP) is 2.26. The number of nitrogens with one attached hydrogen (secondary N) is 2. The molecule has 0 fully saturated rings. The van der Waals surface area contributed by atoms with Crippen LogP contribution in [0.1, 0.15) is 39.2 Å². The maximum absolute atomic E-state index is 12.3. The first-order chi connectivity index (χ1) is 8.80. The third-order valence-corrected chi connectivity index (χ3v) is 4.61. The molecule has 0 radical (unpaired) electrons. The second-order valence-electron chi connectivity index (χ2n) is 5.41. The summed E-state index contributed by atoms with van der Waals surface area (Å²) in [5.41, 5.74) is 0.645. The number of rotatable bonds is 7. The lowest BCUT2D eigenvalue weighted by molar-refractivity contribution is 0.418. The average Bonchev–Trinajstić information content (AvgIpc) is 2.28. The molecule has 0 spiro atoms. The molecule has 1 aromatic rings. The van der Waals surface area contributed by atoms with Gasteiger partial charge in [0.25, 0.3) is 0 Å². The summed E-state index contributed by atoms with van der Waals surface area (Å²) >= 11 is 0. The van der Waals surface area contributed by atoms with Crippen molar-refractivity contribution in [2.24, 2.45) is 0 Å². The summed E-state index contributed by atoms with van der Waals surface area (Å²) in [5.74, 6) is 0. The summed E-state index contributed by atoms with van der Waals surface area (Å²) in [7, 11) is -1.58. The van der Waals surface area contributed by atoms with Gasteiger partial charge in [0, 0.05) is 12.1 Å². The standard InChI is InChI=1S/C14H24N2O2S/c1-5-10-14(2,3)16-19(17,18)13-8-6-12(7-9-13)11-15-4/h6-9,15-16H,5,10-11H2,1-4H3. The van der Waals surface area contributed by atoms with Gasteiger partial charge in [-0.15, -0.1) is 0 Å². The van der Waals surface area contributed by atoms with Crippen LogP contribution in [0, 0.1) is 0 Å². The fourth-order valence-corrected chi connectivity index (χ4v) is 3.53. The van der Waals surface area contributed by atoms with Crippen LogP contribution in [0.15, 0.2) is 29.2 Å². The van der Waals surface area contributed by atoms with E-state index in [-0.39, 0.29) is 0 Å². The van der Waals surface area contributed by atoms with Gasteiger partial charge in [0.05, 0.1) is 4.90 Å². The van der Waals surface area contributed by atoms with Crippen LogP contribution in [0.3, 0.4) is 0 Å². The molecule has 0 heterocycles. The van der Waals surface area contributed by atoms with E-state index in [4.69, 9.17) is 0 Å². The van der Waals surface area contributed by atoms with Crippen molar-refractivity contribution in [2.75, 3.05) is 7.05 Å². The van der Waals surface area contributed by atoms with Crippen LogP contribution < -0.4 is 10.0 Å². The Morgan fingerprint density at radius 2 is 1.74 bits per heavy atom. The molecule has 0 aromatic heterocycles. The van der Waals surface area contributed by atoms with Gasteiger partial charge in [0.1, 0.15) is 0 Å². The van der Waals surface area contributed by atoms with Crippen molar-refractivity contribution in [3.63, 3.8) is 0 Å². The topological polar surface area (TPSA) is 58.2 Å². The Hall–Kier alpha value is -0.910. The first kappa shape index (κ1) is 16.1. The summed E-state index contributed by atoms with van der Waals surface area (Å²) in [6, 6.07) is 6.96. The second-order valence-corrected chi connectivity index (χ2v) is 7.10. The smallest absolute Gasteiger partial charge is 0.241 e.